The van der Waals surface area contributed by atoms with Gasteiger partial charge < -0.3 is 10.4 Å². The van der Waals surface area contributed by atoms with Gasteiger partial charge in [-0.05, 0) is 34.1 Å². The van der Waals surface area contributed by atoms with E-state index >= 15 is 0 Å². The number of rotatable bonds is 4. The maximum atomic E-state index is 9.09. The van der Waals surface area contributed by atoms with Crippen molar-refractivity contribution < 1.29 is 5.11 Å². The minimum Gasteiger partial charge on any atom is -0.392 e. The van der Waals surface area contributed by atoms with Crippen LogP contribution in [-0.2, 0) is 19.6 Å². The highest BCUT2D eigenvalue weighted by atomic mass is 16.3. The van der Waals surface area contributed by atoms with Crippen LogP contribution in [0.15, 0.2) is 48.5 Å². The summed E-state index contributed by atoms with van der Waals surface area (Å²) in [6, 6.07) is 17.3. The van der Waals surface area contributed by atoms with Crippen LogP contribution in [0.4, 0.5) is 0 Å². The molecule has 1 aliphatic rings. The smallest absolute Gasteiger partial charge is 0.0681 e. The Morgan fingerprint density at radius 2 is 1.71 bits per heavy atom. The summed E-state index contributed by atoms with van der Waals surface area (Å²) in [5.74, 6) is 0. The number of hydrogen-bond donors (Lipinski definition) is 2. The zero-order valence-corrected chi connectivity index (χ0v) is 12.8. The van der Waals surface area contributed by atoms with E-state index in [9.17, 15) is 0 Å². The van der Waals surface area contributed by atoms with Crippen molar-refractivity contribution in [2.45, 2.75) is 39.5 Å². The molecule has 2 aromatic carbocycles. The highest BCUT2D eigenvalue weighted by Crippen LogP contribution is 2.45. The molecule has 2 heteroatoms. The third-order valence-corrected chi connectivity index (χ3v) is 4.51. The average molecular weight is 281 g/mol. The Morgan fingerprint density at radius 1 is 1.05 bits per heavy atom. The maximum absolute atomic E-state index is 9.09. The van der Waals surface area contributed by atoms with Gasteiger partial charge in [0.25, 0.3) is 0 Å². The van der Waals surface area contributed by atoms with Crippen molar-refractivity contribution in [2.24, 2.45) is 5.41 Å². The Kier molecular flexibility index (Phi) is 3.83. The van der Waals surface area contributed by atoms with E-state index in [4.69, 9.17) is 5.11 Å². The van der Waals surface area contributed by atoms with E-state index in [0.29, 0.717) is 6.04 Å². The number of fused-ring (bicyclic) bond motifs is 1. The topological polar surface area (TPSA) is 32.3 Å². The number of hydrogen-bond acceptors (Lipinski definition) is 2. The first kappa shape index (κ1) is 14.3. The zero-order chi connectivity index (χ0) is 14.9. The van der Waals surface area contributed by atoms with Crippen LogP contribution in [0.5, 0.6) is 0 Å². The van der Waals surface area contributed by atoms with E-state index in [0.717, 1.165) is 18.5 Å². The summed E-state index contributed by atoms with van der Waals surface area (Å²) in [6.45, 7) is 5.63. The van der Waals surface area contributed by atoms with Gasteiger partial charge in [0.1, 0.15) is 0 Å². The fourth-order valence-corrected chi connectivity index (χ4v) is 3.36. The second kappa shape index (κ2) is 5.63. The standard InChI is InChI=1S/C19H23NO/c1-19(2)11-16-5-3-4-6-17(16)18(19)20-12-14-7-9-15(13-21)10-8-14/h3-10,18,20-21H,11-13H2,1-2H3. The lowest BCUT2D eigenvalue weighted by atomic mass is 9.85. The quantitative estimate of drug-likeness (QED) is 0.897. The third kappa shape index (κ3) is 2.87. The molecule has 2 nitrogen and oxygen atoms in total. The van der Waals surface area contributed by atoms with Crippen LogP contribution in [0.25, 0.3) is 0 Å². The predicted molar refractivity (Wildman–Crippen MR) is 85.9 cm³/mol. The summed E-state index contributed by atoms with van der Waals surface area (Å²) in [7, 11) is 0. The molecule has 0 bridgehead atoms. The minimum absolute atomic E-state index is 0.108. The van der Waals surface area contributed by atoms with Gasteiger partial charge in [-0.2, -0.15) is 0 Å². The molecule has 0 saturated heterocycles. The fourth-order valence-electron chi connectivity index (χ4n) is 3.36. The van der Waals surface area contributed by atoms with E-state index in [2.05, 4.69) is 55.6 Å². The van der Waals surface area contributed by atoms with Gasteiger partial charge in [0.15, 0.2) is 0 Å². The third-order valence-electron chi connectivity index (χ3n) is 4.51. The first-order chi connectivity index (χ1) is 10.1. The Morgan fingerprint density at radius 3 is 2.43 bits per heavy atom. The molecule has 21 heavy (non-hydrogen) atoms. The molecule has 3 rings (SSSR count). The summed E-state index contributed by atoms with van der Waals surface area (Å²) < 4.78 is 0. The summed E-state index contributed by atoms with van der Waals surface area (Å²) in [4.78, 5) is 0. The van der Waals surface area contributed by atoms with Crippen LogP contribution in [0.2, 0.25) is 0 Å². The van der Waals surface area contributed by atoms with E-state index in [1.807, 2.05) is 12.1 Å². The second-order valence-electron chi connectivity index (χ2n) is 6.65. The molecule has 2 N–H and O–H groups in total. The van der Waals surface area contributed by atoms with Crippen molar-refractivity contribution in [3.05, 3.63) is 70.8 Å². The molecule has 1 atom stereocenters. The molecule has 110 valence electrons. The summed E-state index contributed by atoms with van der Waals surface area (Å²) in [5, 5.41) is 12.8. The van der Waals surface area contributed by atoms with Gasteiger partial charge >= 0.3 is 0 Å². The fraction of sp³-hybridized carbons (Fsp3) is 0.368. The van der Waals surface area contributed by atoms with Crippen molar-refractivity contribution in [1.82, 2.24) is 5.32 Å². The SMILES string of the molecule is CC1(C)Cc2ccccc2C1NCc1ccc(CO)cc1. The van der Waals surface area contributed by atoms with E-state index in [1.54, 1.807) is 0 Å². The van der Waals surface area contributed by atoms with Gasteiger partial charge in [0, 0.05) is 12.6 Å². The first-order valence-electron chi connectivity index (χ1n) is 7.60. The number of aliphatic hydroxyl groups excluding tert-OH is 1. The minimum atomic E-state index is 0.108. The van der Waals surface area contributed by atoms with Crippen molar-refractivity contribution >= 4 is 0 Å². The van der Waals surface area contributed by atoms with E-state index in [-0.39, 0.29) is 12.0 Å². The molecule has 0 saturated carbocycles. The highest BCUT2D eigenvalue weighted by molar-refractivity contribution is 5.37. The summed E-state index contributed by atoms with van der Waals surface area (Å²) in [5.41, 5.74) is 5.37. The molecular weight excluding hydrogens is 258 g/mol. The lowest BCUT2D eigenvalue weighted by Crippen LogP contribution is -2.30. The van der Waals surface area contributed by atoms with Gasteiger partial charge in [-0.1, -0.05) is 62.4 Å². The number of aliphatic hydroxyl groups is 1. The van der Waals surface area contributed by atoms with Crippen LogP contribution in [0.3, 0.4) is 0 Å². The first-order valence-corrected chi connectivity index (χ1v) is 7.60. The molecule has 0 spiro atoms. The van der Waals surface area contributed by atoms with Gasteiger partial charge in [-0.25, -0.2) is 0 Å². The summed E-state index contributed by atoms with van der Waals surface area (Å²) >= 11 is 0. The average Bonchev–Trinajstić information content (AvgIpc) is 2.75. The van der Waals surface area contributed by atoms with Gasteiger partial charge in [-0.3, -0.25) is 0 Å². The number of nitrogens with one attached hydrogen (secondary N) is 1. The van der Waals surface area contributed by atoms with Crippen molar-refractivity contribution in [1.29, 1.82) is 0 Å². The van der Waals surface area contributed by atoms with Crippen LogP contribution in [-0.4, -0.2) is 5.11 Å². The Balaban J connectivity index is 1.74. The molecule has 0 aromatic heterocycles. The maximum Gasteiger partial charge on any atom is 0.0681 e. The van der Waals surface area contributed by atoms with Crippen molar-refractivity contribution in [3.8, 4) is 0 Å². The van der Waals surface area contributed by atoms with Crippen LogP contribution >= 0.6 is 0 Å². The largest absolute Gasteiger partial charge is 0.392 e. The lowest BCUT2D eigenvalue weighted by Gasteiger charge is -2.28. The van der Waals surface area contributed by atoms with Gasteiger partial charge in [0.2, 0.25) is 0 Å². The molecule has 2 aromatic rings. The normalized spacial score (nSPS) is 19.5. The van der Waals surface area contributed by atoms with Gasteiger partial charge in [0.05, 0.1) is 6.61 Å². The monoisotopic (exact) mass is 281 g/mol. The molecule has 0 fully saturated rings. The van der Waals surface area contributed by atoms with Crippen LogP contribution < -0.4 is 5.32 Å². The van der Waals surface area contributed by atoms with E-state index < -0.39 is 0 Å². The highest BCUT2D eigenvalue weighted by Gasteiger charge is 2.38. The van der Waals surface area contributed by atoms with E-state index in [1.165, 1.54) is 16.7 Å². The summed E-state index contributed by atoms with van der Waals surface area (Å²) in [6.07, 6.45) is 1.13. The molecule has 0 heterocycles. The second-order valence-corrected chi connectivity index (χ2v) is 6.65. The molecule has 0 amide bonds. The predicted octanol–water partition coefficient (Wildman–Crippen LogP) is 3.59. The molecular formula is C19H23NO. The van der Waals surface area contributed by atoms with Crippen LogP contribution in [0.1, 0.15) is 42.1 Å². The molecule has 0 aliphatic heterocycles. The van der Waals surface area contributed by atoms with Crippen LogP contribution in [0, 0.1) is 5.41 Å². The molecule has 1 aliphatic carbocycles. The number of benzene rings is 2. The Bertz CT molecular complexity index is 616. The lowest BCUT2D eigenvalue weighted by molar-refractivity contribution is 0.268. The zero-order valence-electron chi connectivity index (χ0n) is 12.8. The van der Waals surface area contributed by atoms with Crippen molar-refractivity contribution in [2.75, 3.05) is 0 Å². The van der Waals surface area contributed by atoms with Crippen molar-refractivity contribution in [3.63, 3.8) is 0 Å². The molecule has 1 unspecified atom stereocenters. The van der Waals surface area contributed by atoms with Gasteiger partial charge in [-0.15, -0.1) is 0 Å². The molecule has 0 radical (unpaired) electrons. The Labute approximate surface area is 126 Å². The Hall–Kier alpha value is -1.64.